The van der Waals surface area contributed by atoms with Crippen LogP contribution in [0.2, 0.25) is 4.34 Å². The number of H-pyrrole nitrogens is 1. The average molecular weight is 246 g/mol. The Morgan fingerprint density at radius 2 is 2.43 bits per heavy atom. The lowest BCUT2D eigenvalue weighted by Crippen LogP contribution is -1.95. The largest absolute Gasteiger partial charge is 0.300 e. The Labute approximate surface area is 95.3 Å². The van der Waals surface area contributed by atoms with Gasteiger partial charge in [-0.2, -0.15) is 5.10 Å². The molecule has 2 aromatic rings. The van der Waals surface area contributed by atoms with E-state index in [0.29, 0.717) is 4.77 Å². The van der Waals surface area contributed by atoms with Crippen LogP contribution in [0.5, 0.6) is 0 Å². The molecular weight excluding hydrogens is 238 g/mol. The van der Waals surface area contributed by atoms with Crippen molar-refractivity contribution in [3.63, 3.8) is 0 Å². The molecule has 0 aliphatic rings. The number of rotatable bonds is 2. The molecule has 0 unspecified atom stereocenters. The van der Waals surface area contributed by atoms with Crippen molar-refractivity contribution in [2.75, 3.05) is 0 Å². The van der Waals surface area contributed by atoms with Gasteiger partial charge in [-0.05, 0) is 31.3 Å². The molecule has 0 aliphatic carbocycles. The van der Waals surface area contributed by atoms with Crippen LogP contribution in [0.1, 0.15) is 6.92 Å². The SMILES string of the molecule is CCn1c(-c2ccc(Cl)s2)n[nH]c1=S. The molecule has 3 nitrogen and oxygen atoms in total. The lowest BCUT2D eigenvalue weighted by molar-refractivity contribution is 0.757. The Morgan fingerprint density at radius 3 is 3.00 bits per heavy atom. The van der Waals surface area contributed by atoms with Crippen molar-refractivity contribution >= 4 is 35.2 Å². The number of aromatic amines is 1. The van der Waals surface area contributed by atoms with Gasteiger partial charge in [0.1, 0.15) is 0 Å². The second kappa shape index (κ2) is 3.84. The molecule has 2 rings (SSSR count). The molecule has 2 aromatic heterocycles. The highest BCUT2D eigenvalue weighted by atomic mass is 35.5. The van der Waals surface area contributed by atoms with Gasteiger partial charge in [-0.1, -0.05) is 11.6 Å². The first-order valence-corrected chi connectivity index (χ1v) is 5.73. The lowest BCUT2D eigenvalue weighted by atomic mass is 10.4. The third-order valence-corrected chi connectivity index (χ3v) is 3.41. The minimum Gasteiger partial charge on any atom is -0.300 e. The van der Waals surface area contributed by atoms with Crippen LogP contribution in [0.15, 0.2) is 12.1 Å². The summed E-state index contributed by atoms with van der Waals surface area (Å²) in [4.78, 5) is 1.03. The molecule has 0 aliphatic heterocycles. The van der Waals surface area contributed by atoms with E-state index in [0.717, 1.165) is 21.6 Å². The Balaban J connectivity index is 2.56. The van der Waals surface area contributed by atoms with Gasteiger partial charge in [-0.25, -0.2) is 0 Å². The van der Waals surface area contributed by atoms with Crippen LogP contribution < -0.4 is 0 Å². The standard InChI is InChI=1S/C8H8ClN3S2/c1-2-12-7(10-11-8(12)13)5-3-4-6(9)14-5/h3-4H,2H2,1H3,(H,11,13). The number of thiophene rings is 1. The molecule has 0 fully saturated rings. The third kappa shape index (κ3) is 1.63. The van der Waals surface area contributed by atoms with E-state index in [1.165, 1.54) is 11.3 Å². The van der Waals surface area contributed by atoms with Gasteiger partial charge in [0.05, 0.1) is 9.21 Å². The number of hydrogen-bond acceptors (Lipinski definition) is 3. The minimum atomic E-state index is 0.645. The average Bonchev–Trinajstić information content (AvgIpc) is 2.71. The normalized spacial score (nSPS) is 10.7. The van der Waals surface area contributed by atoms with Crippen LogP contribution in [0, 0.1) is 4.77 Å². The van der Waals surface area contributed by atoms with E-state index >= 15 is 0 Å². The molecule has 0 bridgehead atoms. The van der Waals surface area contributed by atoms with E-state index in [-0.39, 0.29) is 0 Å². The minimum absolute atomic E-state index is 0.645. The van der Waals surface area contributed by atoms with E-state index < -0.39 is 0 Å². The van der Waals surface area contributed by atoms with Crippen molar-refractivity contribution in [2.45, 2.75) is 13.5 Å². The molecule has 74 valence electrons. The number of nitrogens with zero attached hydrogens (tertiary/aromatic N) is 2. The van der Waals surface area contributed by atoms with Gasteiger partial charge in [0.15, 0.2) is 10.6 Å². The molecule has 1 N–H and O–H groups in total. The van der Waals surface area contributed by atoms with Gasteiger partial charge >= 0.3 is 0 Å². The van der Waals surface area contributed by atoms with Crippen molar-refractivity contribution < 1.29 is 0 Å². The summed E-state index contributed by atoms with van der Waals surface area (Å²) in [6, 6.07) is 3.81. The molecule has 2 heterocycles. The Bertz CT molecular complexity index is 497. The summed E-state index contributed by atoms with van der Waals surface area (Å²) in [7, 11) is 0. The van der Waals surface area contributed by atoms with E-state index in [4.69, 9.17) is 23.8 Å². The first-order chi connectivity index (χ1) is 6.72. The summed E-state index contributed by atoms with van der Waals surface area (Å²) in [5, 5.41) is 6.94. The highest BCUT2D eigenvalue weighted by molar-refractivity contribution is 7.71. The molecule has 14 heavy (non-hydrogen) atoms. The summed E-state index contributed by atoms with van der Waals surface area (Å²) in [5.41, 5.74) is 0. The quantitative estimate of drug-likeness (QED) is 0.824. The van der Waals surface area contributed by atoms with E-state index in [1.807, 2.05) is 23.6 Å². The molecule has 6 heteroatoms. The van der Waals surface area contributed by atoms with Crippen LogP contribution in [0.4, 0.5) is 0 Å². The zero-order valence-corrected chi connectivity index (χ0v) is 9.84. The van der Waals surface area contributed by atoms with Gasteiger partial charge in [-0.15, -0.1) is 11.3 Å². The maximum absolute atomic E-state index is 5.86. The number of halogens is 1. The molecule has 0 spiro atoms. The van der Waals surface area contributed by atoms with Crippen LogP contribution in [0.25, 0.3) is 10.7 Å². The number of hydrogen-bond donors (Lipinski definition) is 1. The summed E-state index contributed by atoms with van der Waals surface area (Å²) in [6.45, 7) is 2.84. The fourth-order valence-electron chi connectivity index (χ4n) is 1.23. The van der Waals surface area contributed by atoms with E-state index in [9.17, 15) is 0 Å². The van der Waals surface area contributed by atoms with Crippen LogP contribution >= 0.6 is 35.2 Å². The highest BCUT2D eigenvalue weighted by Gasteiger charge is 2.09. The highest BCUT2D eigenvalue weighted by Crippen LogP contribution is 2.29. The number of nitrogens with one attached hydrogen (secondary N) is 1. The molecule has 0 atom stereocenters. The Kier molecular flexibility index (Phi) is 2.71. The summed E-state index contributed by atoms with van der Waals surface area (Å²) in [5.74, 6) is 0.856. The lowest BCUT2D eigenvalue weighted by Gasteiger charge is -1.99. The van der Waals surface area contributed by atoms with Gasteiger partial charge in [0, 0.05) is 6.54 Å². The smallest absolute Gasteiger partial charge is 0.195 e. The fraction of sp³-hybridized carbons (Fsp3) is 0.250. The third-order valence-electron chi connectivity index (χ3n) is 1.87. The molecule has 0 radical (unpaired) electrons. The van der Waals surface area contributed by atoms with Gasteiger partial charge in [0.25, 0.3) is 0 Å². The topological polar surface area (TPSA) is 33.6 Å². The number of aromatic nitrogens is 3. The van der Waals surface area contributed by atoms with Gasteiger partial charge < -0.3 is 0 Å². The first-order valence-electron chi connectivity index (χ1n) is 4.13. The van der Waals surface area contributed by atoms with E-state index in [1.54, 1.807) is 0 Å². The van der Waals surface area contributed by atoms with Gasteiger partial charge in [-0.3, -0.25) is 9.67 Å². The van der Waals surface area contributed by atoms with Crippen LogP contribution in [-0.4, -0.2) is 14.8 Å². The van der Waals surface area contributed by atoms with Crippen LogP contribution in [0.3, 0.4) is 0 Å². The van der Waals surface area contributed by atoms with Crippen molar-refractivity contribution in [1.82, 2.24) is 14.8 Å². The van der Waals surface area contributed by atoms with Crippen molar-refractivity contribution in [3.8, 4) is 10.7 Å². The van der Waals surface area contributed by atoms with E-state index in [2.05, 4.69) is 10.2 Å². The summed E-state index contributed by atoms with van der Waals surface area (Å²) >= 11 is 12.5. The molecule has 0 amide bonds. The molecule has 0 aromatic carbocycles. The maximum Gasteiger partial charge on any atom is 0.195 e. The summed E-state index contributed by atoms with van der Waals surface area (Å²) < 4.78 is 3.35. The monoisotopic (exact) mass is 245 g/mol. The van der Waals surface area contributed by atoms with Crippen molar-refractivity contribution in [1.29, 1.82) is 0 Å². The second-order valence-corrected chi connectivity index (χ2v) is 4.80. The molecule has 0 saturated carbocycles. The zero-order valence-electron chi connectivity index (χ0n) is 7.45. The van der Waals surface area contributed by atoms with Gasteiger partial charge in [0.2, 0.25) is 0 Å². The first kappa shape index (κ1) is 9.89. The predicted octanol–water partition coefficient (Wildman–Crippen LogP) is 3.34. The summed E-state index contributed by atoms with van der Waals surface area (Å²) in [6.07, 6.45) is 0. The predicted molar refractivity (Wildman–Crippen MR) is 61.4 cm³/mol. The van der Waals surface area contributed by atoms with Crippen LogP contribution in [-0.2, 0) is 6.54 Å². The van der Waals surface area contributed by atoms with Crippen molar-refractivity contribution in [2.24, 2.45) is 0 Å². The second-order valence-electron chi connectivity index (χ2n) is 2.70. The zero-order chi connectivity index (χ0) is 10.1. The molecule has 0 saturated heterocycles. The van der Waals surface area contributed by atoms with Crippen molar-refractivity contribution in [3.05, 3.63) is 21.2 Å². The maximum atomic E-state index is 5.86. The molecular formula is C8H8ClN3S2. The Morgan fingerprint density at radius 1 is 1.64 bits per heavy atom. The fourth-order valence-corrected chi connectivity index (χ4v) is 2.54. The Hall–Kier alpha value is -0.650.